The molecule has 0 radical (unpaired) electrons. The first-order valence-electron chi connectivity index (χ1n) is 16.3. The van der Waals surface area contributed by atoms with Gasteiger partial charge in [-0.2, -0.15) is 0 Å². The number of piperidine rings is 1. The molecule has 0 aromatic heterocycles. The van der Waals surface area contributed by atoms with Crippen molar-refractivity contribution in [2.24, 2.45) is 5.92 Å². The molecule has 14 heteroatoms. The Labute approximate surface area is 285 Å². The number of halogens is 1. The molecule has 1 unspecified atom stereocenters. The Kier molecular flexibility index (Phi) is 17.2. The number of nitrogens with zero attached hydrogens (tertiary/aromatic N) is 3. The summed E-state index contributed by atoms with van der Waals surface area (Å²) >= 11 is 0. The summed E-state index contributed by atoms with van der Waals surface area (Å²) in [6.07, 6.45) is 6.19. The van der Waals surface area contributed by atoms with Crippen LogP contribution in [0.25, 0.3) is 0 Å². The SMILES string of the molecule is CC(C)COc1ccc(CC(=O)N(Cc2ccc(F)cc2)C2CCN(CCC3CCCN3C)CC2)cc1.O=C(O)C(=O)O.O=C(O)C(=O)O. The van der Waals surface area contributed by atoms with Crippen molar-refractivity contribution in [3.8, 4) is 5.75 Å². The van der Waals surface area contributed by atoms with Crippen molar-refractivity contribution in [1.29, 1.82) is 0 Å². The lowest BCUT2D eigenvalue weighted by atomic mass is 10.00. The van der Waals surface area contributed by atoms with E-state index in [0.29, 0.717) is 25.5 Å². The molecule has 2 fully saturated rings. The summed E-state index contributed by atoms with van der Waals surface area (Å²) in [5.41, 5.74) is 1.96. The Bertz CT molecular complexity index is 1310. The van der Waals surface area contributed by atoms with Crippen molar-refractivity contribution in [2.45, 2.75) is 71.0 Å². The lowest BCUT2D eigenvalue weighted by Crippen LogP contribution is -2.48. The zero-order chi connectivity index (χ0) is 36.5. The fourth-order valence-electron chi connectivity index (χ4n) is 5.58. The highest BCUT2D eigenvalue weighted by molar-refractivity contribution is 6.27. The van der Waals surface area contributed by atoms with Gasteiger partial charge in [0.25, 0.3) is 0 Å². The van der Waals surface area contributed by atoms with Crippen molar-refractivity contribution in [3.05, 3.63) is 65.5 Å². The smallest absolute Gasteiger partial charge is 0.414 e. The summed E-state index contributed by atoms with van der Waals surface area (Å²) < 4.78 is 19.3. The molecule has 0 aliphatic carbocycles. The number of carbonyl (C=O) groups is 5. The van der Waals surface area contributed by atoms with E-state index < -0.39 is 23.9 Å². The van der Waals surface area contributed by atoms with Gasteiger partial charge >= 0.3 is 23.9 Å². The quantitative estimate of drug-likeness (QED) is 0.251. The van der Waals surface area contributed by atoms with Gasteiger partial charge in [-0.1, -0.05) is 38.1 Å². The number of likely N-dealkylation sites (tertiary alicyclic amines) is 2. The second kappa shape index (κ2) is 20.7. The molecule has 2 saturated heterocycles. The third-order valence-corrected chi connectivity index (χ3v) is 8.26. The van der Waals surface area contributed by atoms with Crippen molar-refractivity contribution in [3.63, 3.8) is 0 Å². The maximum absolute atomic E-state index is 13.6. The van der Waals surface area contributed by atoms with E-state index in [2.05, 4.69) is 30.7 Å². The monoisotopic (exact) mass is 689 g/mol. The van der Waals surface area contributed by atoms with Gasteiger partial charge in [0.2, 0.25) is 5.91 Å². The predicted octanol–water partition coefficient (Wildman–Crippen LogP) is 3.69. The molecule has 0 bridgehead atoms. The summed E-state index contributed by atoms with van der Waals surface area (Å²) in [4.78, 5) is 57.1. The highest BCUT2D eigenvalue weighted by atomic mass is 19.1. The number of carbonyl (C=O) groups excluding carboxylic acids is 1. The summed E-state index contributed by atoms with van der Waals surface area (Å²) in [7, 11) is 2.25. The minimum absolute atomic E-state index is 0.131. The van der Waals surface area contributed by atoms with Crippen LogP contribution in [-0.2, 0) is 36.9 Å². The molecule has 49 heavy (non-hydrogen) atoms. The van der Waals surface area contributed by atoms with Crippen molar-refractivity contribution < 1.29 is 53.5 Å². The van der Waals surface area contributed by atoms with E-state index in [1.165, 1.54) is 37.9 Å². The van der Waals surface area contributed by atoms with Gasteiger partial charge in [-0.05, 0) is 93.6 Å². The Morgan fingerprint density at radius 1 is 0.816 bits per heavy atom. The summed E-state index contributed by atoms with van der Waals surface area (Å²) in [5.74, 6) is -6.11. The molecule has 2 aliphatic rings. The number of ether oxygens (including phenoxy) is 1. The highest BCUT2D eigenvalue weighted by Crippen LogP contribution is 2.24. The predicted molar refractivity (Wildman–Crippen MR) is 178 cm³/mol. The Hall–Kier alpha value is -4.56. The van der Waals surface area contributed by atoms with Crippen LogP contribution in [-0.4, -0.2) is 117 Å². The zero-order valence-corrected chi connectivity index (χ0v) is 28.3. The maximum atomic E-state index is 13.6. The van der Waals surface area contributed by atoms with Gasteiger partial charge in [-0.25, -0.2) is 23.6 Å². The molecule has 1 atom stereocenters. The van der Waals surface area contributed by atoms with Crippen LogP contribution in [0, 0.1) is 11.7 Å². The number of amides is 1. The summed E-state index contributed by atoms with van der Waals surface area (Å²) in [5, 5.41) is 29.6. The lowest BCUT2D eigenvalue weighted by Gasteiger charge is -2.39. The molecule has 1 amide bonds. The molecule has 4 N–H and O–H groups in total. The van der Waals surface area contributed by atoms with Crippen LogP contribution in [0.5, 0.6) is 5.75 Å². The molecule has 2 aromatic carbocycles. The number of benzene rings is 2. The van der Waals surface area contributed by atoms with Gasteiger partial charge in [0.05, 0.1) is 13.0 Å². The molecule has 2 heterocycles. The van der Waals surface area contributed by atoms with Crippen molar-refractivity contribution >= 4 is 29.8 Å². The largest absolute Gasteiger partial charge is 0.493 e. The number of hydrogen-bond donors (Lipinski definition) is 4. The van der Waals surface area contributed by atoms with Crippen molar-refractivity contribution in [2.75, 3.05) is 39.8 Å². The van der Waals surface area contributed by atoms with Crippen LogP contribution < -0.4 is 4.74 Å². The van der Waals surface area contributed by atoms with Crippen LogP contribution in [0.4, 0.5) is 4.39 Å². The fourth-order valence-corrected chi connectivity index (χ4v) is 5.58. The lowest BCUT2D eigenvalue weighted by molar-refractivity contribution is -0.159. The molecule has 13 nitrogen and oxygen atoms in total. The van der Waals surface area contributed by atoms with Crippen molar-refractivity contribution in [1.82, 2.24) is 14.7 Å². The number of carboxylic acid groups (broad SMARTS) is 4. The van der Waals surface area contributed by atoms with E-state index in [4.69, 9.17) is 44.3 Å². The molecule has 0 spiro atoms. The average molecular weight is 690 g/mol. The van der Waals surface area contributed by atoms with E-state index >= 15 is 0 Å². The standard InChI is InChI=1S/C31H44FN3O2.2C2H2O4/c1-24(2)23-37-30-12-8-25(9-13-30)21-31(36)35(22-26-6-10-27(32)11-7-26)29-15-19-34(20-16-29)18-14-28-5-4-17-33(28)3;2*3-1(4)2(5)6/h6-13,24,28-29H,4-5,14-23H2,1-3H3;2*(H,3,4)(H,5,6). The minimum atomic E-state index is -1.82. The van der Waals surface area contributed by atoms with Gasteiger partial charge in [-0.15, -0.1) is 0 Å². The van der Waals surface area contributed by atoms with Crippen LogP contribution in [0.15, 0.2) is 48.5 Å². The molecular formula is C35H48FN3O10. The highest BCUT2D eigenvalue weighted by Gasteiger charge is 2.29. The van der Waals surface area contributed by atoms with Gasteiger partial charge in [0.15, 0.2) is 0 Å². The first-order chi connectivity index (χ1) is 23.2. The van der Waals surface area contributed by atoms with Gasteiger partial charge in [0.1, 0.15) is 11.6 Å². The molecule has 2 aromatic rings. The minimum Gasteiger partial charge on any atom is -0.493 e. The number of carboxylic acids is 4. The molecule has 2 aliphatic heterocycles. The first-order valence-corrected chi connectivity index (χ1v) is 16.3. The second-order valence-corrected chi connectivity index (χ2v) is 12.5. The number of rotatable bonds is 11. The van der Waals surface area contributed by atoms with Crippen LogP contribution in [0.3, 0.4) is 0 Å². The topological polar surface area (TPSA) is 185 Å². The molecule has 4 rings (SSSR count). The Balaban J connectivity index is 0.000000594. The van der Waals surface area contributed by atoms with E-state index in [9.17, 15) is 9.18 Å². The first kappa shape index (κ1) is 40.6. The van der Waals surface area contributed by atoms with E-state index in [1.54, 1.807) is 12.1 Å². The van der Waals surface area contributed by atoms with Crippen LogP contribution in [0.1, 0.15) is 57.1 Å². The van der Waals surface area contributed by atoms with E-state index in [1.807, 2.05) is 29.2 Å². The average Bonchev–Trinajstić information content (AvgIpc) is 3.48. The van der Waals surface area contributed by atoms with Gasteiger partial charge in [-0.3, -0.25) is 4.79 Å². The second-order valence-electron chi connectivity index (χ2n) is 12.5. The van der Waals surface area contributed by atoms with E-state index in [-0.39, 0.29) is 17.8 Å². The fraction of sp³-hybridized carbons (Fsp3) is 0.514. The molecular weight excluding hydrogens is 641 g/mol. The maximum Gasteiger partial charge on any atom is 0.414 e. The Morgan fingerprint density at radius 2 is 1.35 bits per heavy atom. The summed E-state index contributed by atoms with van der Waals surface area (Å²) in [6, 6.07) is 15.4. The Morgan fingerprint density at radius 3 is 1.82 bits per heavy atom. The molecule has 0 saturated carbocycles. The zero-order valence-electron chi connectivity index (χ0n) is 28.3. The third kappa shape index (κ3) is 15.5. The molecule has 270 valence electrons. The number of hydrogen-bond acceptors (Lipinski definition) is 8. The van der Waals surface area contributed by atoms with Gasteiger partial charge < -0.3 is 39.9 Å². The van der Waals surface area contributed by atoms with Gasteiger partial charge in [0, 0.05) is 31.7 Å². The van der Waals surface area contributed by atoms with Crippen LogP contribution in [0.2, 0.25) is 0 Å². The summed E-state index contributed by atoms with van der Waals surface area (Å²) in [6.45, 7) is 9.86. The number of aliphatic carboxylic acids is 4. The third-order valence-electron chi connectivity index (χ3n) is 8.26. The normalized spacial score (nSPS) is 16.5. The van der Waals surface area contributed by atoms with Crippen LogP contribution >= 0.6 is 0 Å². The van der Waals surface area contributed by atoms with E-state index in [0.717, 1.165) is 55.4 Å².